The molecule has 0 aromatic heterocycles. The van der Waals surface area contributed by atoms with E-state index >= 15 is 0 Å². The quantitative estimate of drug-likeness (QED) is 0.856. The first kappa shape index (κ1) is 13.8. The minimum atomic E-state index is 0.148. The van der Waals surface area contributed by atoms with E-state index in [1.54, 1.807) is 7.11 Å². The molecule has 2 bridgehead atoms. The van der Waals surface area contributed by atoms with Crippen LogP contribution in [0.15, 0.2) is 24.3 Å². The van der Waals surface area contributed by atoms with Gasteiger partial charge in [0, 0.05) is 17.3 Å². The molecule has 3 nitrogen and oxygen atoms in total. The Morgan fingerprint density at radius 1 is 1.25 bits per heavy atom. The van der Waals surface area contributed by atoms with Gasteiger partial charge in [-0.05, 0) is 44.1 Å². The Hall–Kier alpha value is -1.16. The van der Waals surface area contributed by atoms with Crippen molar-refractivity contribution >= 4 is 17.7 Å². The van der Waals surface area contributed by atoms with E-state index in [0.717, 1.165) is 25.7 Å². The number of carbonyl (C=O) groups excluding carboxylic acids is 1. The molecule has 0 spiro atoms. The highest BCUT2D eigenvalue weighted by atomic mass is 32.2. The van der Waals surface area contributed by atoms with Gasteiger partial charge in [-0.3, -0.25) is 4.79 Å². The molecule has 0 N–H and O–H groups in total. The third-order valence-electron chi connectivity index (χ3n) is 4.60. The molecule has 2 atom stereocenters. The van der Waals surface area contributed by atoms with E-state index in [0.29, 0.717) is 28.6 Å². The number of piperidine rings is 1. The van der Waals surface area contributed by atoms with Crippen LogP contribution in [0, 0.1) is 0 Å². The molecule has 2 aliphatic heterocycles. The lowest BCUT2D eigenvalue weighted by Crippen LogP contribution is -2.47. The molecule has 2 unspecified atom stereocenters. The molecule has 1 aromatic rings. The van der Waals surface area contributed by atoms with Crippen LogP contribution in [0.5, 0.6) is 5.75 Å². The third kappa shape index (κ3) is 2.30. The van der Waals surface area contributed by atoms with E-state index in [1.165, 1.54) is 0 Å². The first-order chi connectivity index (χ1) is 9.74. The van der Waals surface area contributed by atoms with Gasteiger partial charge >= 0.3 is 0 Å². The van der Waals surface area contributed by atoms with Crippen LogP contribution in [0.25, 0.3) is 0 Å². The average molecular weight is 291 g/mol. The normalized spacial score (nSPS) is 28.5. The Labute approximate surface area is 124 Å². The Balaban J connectivity index is 1.85. The van der Waals surface area contributed by atoms with Gasteiger partial charge in [-0.2, -0.15) is 11.8 Å². The first-order valence-electron chi connectivity index (χ1n) is 7.23. The molecular formula is C16H21NO2S. The summed E-state index contributed by atoms with van der Waals surface area (Å²) >= 11 is 1.95. The van der Waals surface area contributed by atoms with Crippen LogP contribution < -0.4 is 4.74 Å². The molecule has 2 heterocycles. The van der Waals surface area contributed by atoms with Crippen molar-refractivity contribution in [2.24, 2.45) is 0 Å². The van der Waals surface area contributed by atoms with Gasteiger partial charge in [-0.15, -0.1) is 0 Å². The van der Waals surface area contributed by atoms with Gasteiger partial charge in [0.25, 0.3) is 5.91 Å². The molecule has 0 radical (unpaired) electrons. The van der Waals surface area contributed by atoms with Gasteiger partial charge in [0.05, 0.1) is 12.7 Å². The monoisotopic (exact) mass is 291 g/mol. The Morgan fingerprint density at radius 2 is 1.90 bits per heavy atom. The lowest BCUT2D eigenvalue weighted by atomic mass is 10.0. The number of thioether (sulfide) groups is 1. The number of benzene rings is 1. The fraction of sp³-hybridized carbons (Fsp3) is 0.562. The zero-order chi connectivity index (χ0) is 14.1. The summed E-state index contributed by atoms with van der Waals surface area (Å²) in [5, 5.41) is 0.717. The highest BCUT2D eigenvalue weighted by molar-refractivity contribution is 7.99. The summed E-state index contributed by atoms with van der Waals surface area (Å²) in [7, 11) is 1.63. The Kier molecular flexibility index (Phi) is 3.92. The van der Waals surface area contributed by atoms with Gasteiger partial charge in [0.15, 0.2) is 0 Å². The minimum absolute atomic E-state index is 0.148. The van der Waals surface area contributed by atoms with E-state index < -0.39 is 0 Å². The highest BCUT2D eigenvalue weighted by Crippen LogP contribution is 2.40. The second-order valence-corrected chi connectivity index (χ2v) is 6.76. The molecule has 1 aromatic carbocycles. The van der Waals surface area contributed by atoms with Gasteiger partial charge < -0.3 is 9.64 Å². The van der Waals surface area contributed by atoms with E-state index in [1.807, 2.05) is 36.0 Å². The van der Waals surface area contributed by atoms with Crippen LogP contribution in [0.4, 0.5) is 0 Å². The molecule has 2 fully saturated rings. The maximum Gasteiger partial charge on any atom is 0.258 e. The van der Waals surface area contributed by atoms with Gasteiger partial charge in [-0.1, -0.05) is 12.1 Å². The largest absolute Gasteiger partial charge is 0.496 e. The standard InChI is InChI=1S/C16H21NO2S/c1-19-15-6-4-3-5-14(15)16(18)17-11-7-8-12(17)10-13(9-11)20-2/h3-6,11-13H,7-10H2,1-2H3. The SMILES string of the molecule is COc1ccccc1C(=O)N1C2CCC1CC(SC)C2. The number of methoxy groups -OCH3 is 1. The van der Waals surface area contributed by atoms with Crippen LogP contribution >= 0.6 is 11.8 Å². The van der Waals surface area contributed by atoms with Crippen molar-refractivity contribution in [2.45, 2.75) is 43.0 Å². The second-order valence-electron chi connectivity index (χ2n) is 5.63. The predicted molar refractivity (Wildman–Crippen MR) is 82.5 cm³/mol. The Morgan fingerprint density at radius 3 is 2.50 bits per heavy atom. The summed E-state index contributed by atoms with van der Waals surface area (Å²) in [5.41, 5.74) is 0.703. The zero-order valence-electron chi connectivity index (χ0n) is 12.0. The summed E-state index contributed by atoms with van der Waals surface area (Å²) in [5.74, 6) is 0.832. The smallest absolute Gasteiger partial charge is 0.258 e. The number of rotatable bonds is 3. The predicted octanol–water partition coefficient (Wildman–Crippen LogP) is 3.19. The molecule has 2 saturated heterocycles. The highest BCUT2D eigenvalue weighted by Gasteiger charge is 2.43. The lowest BCUT2D eigenvalue weighted by Gasteiger charge is -2.38. The molecule has 0 saturated carbocycles. The van der Waals surface area contributed by atoms with Crippen molar-refractivity contribution in [1.82, 2.24) is 4.90 Å². The van der Waals surface area contributed by atoms with Gasteiger partial charge in [0.2, 0.25) is 0 Å². The van der Waals surface area contributed by atoms with Crippen molar-refractivity contribution < 1.29 is 9.53 Å². The van der Waals surface area contributed by atoms with E-state index in [9.17, 15) is 4.79 Å². The summed E-state index contributed by atoms with van der Waals surface area (Å²) < 4.78 is 5.34. The number of nitrogens with zero attached hydrogens (tertiary/aromatic N) is 1. The fourth-order valence-corrected chi connectivity index (χ4v) is 4.44. The molecular weight excluding hydrogens is 270 g/mol. The molecule has 3 rings (SSSR count). The number of hydrogen-bond donors (Lipinski definition) is 0. The Bertz CT molecular complexity index is 491. The summed E-state index contributed by atoms with van der Waals surface area (Å²) in [6.45, 7) is 0. The zero-order valence-corrected chi connectivity index (χ0v) is 12.9. The van der Waals surface area contributed by atoms with Crippen molar-refractivity contribution in [3.05, 3.63) is 29.8 Å². The number of fused-ring (bicyclic) bond motifs is 2. The maximum absolute atomic E-state index is 12.9. The van der Waals surface area contributed by atoms with Crippen molar-refractivity contribution in [2.75, 3.05) is 13.4 Å². The minimum Gasteiger partial charge on any atom is -0.496 e. The van der Waals surface area contributed by atoms with E-state index in [-0.39, 0.29) is 5.91 Å². The topological polar surface area (TPSA) is 29.5 Å². The first-order valence-corrected chi connectivity index (χ1v) is 8.52. The number of para-hydroxylation sites is 1. The van der Waals surface area contributed by atoms with Crippen molar-refractivity contribution in [3.8, 4) is 5.75 Å². The average Bonchev–Trinajstić information content (AvgIpc) is 2.76. The number of amides is 1. The van der Waals surface area contributed by atoms with Crippen LogP contribution in [0.1, 0.15) is 36.0 Å². The van der Waals surface area contributed by atoms with E-state index in [4.69, 9.17) is 4.74 Å². The van der Waals surface area contributed by atoms with Crippen LogP contribution in [-0.2, 0) is 0 Å². The fourth-order valence-electron chi connectivity index (χ4n) is 3.61. The third-order valence-corrected chi connectivity index (χ3v) is 5.65. The lowest BCUT2D eigenvalue weighted by molar-refractivity contribution is 0.0598. The molecule has 2 aliphatic rings. The maximum atomic E-state index is 12.9. The number of ether oxygens (including phenoxy) is 1. The molecule has 1 amide bonds. The number of carbonyl (C=O) groups is 1. The van der Waals surface area contributed by atoms with E-state index in [2.05, 4.69) is 11.2 Å². The van der Waals surface area contributed by atoms with Gasteiger partial charge in [-0.25, -0.2) is 0 Å². The van der Waals surface area contributed by atoms with Crippen LogP contribution in [0.3, 0.4) is 0 Å². The molecule has 4 heteroatoms. The van der Waals surface area contributed by atoms with Crippen LogP contribution in [-0.4, -0.2) is 41.5 Å². The van der Waals surface area contributed by atoms with Crippen LogP contribution in [0.2, 0.25) is 0 Å². The summed E-state index contributed by atoms with van der Waals surface area (Å²) in [4.78, 5) is 15.0. The second kappa shape index (κ2) is 5.68. The molecule has 108 valence electrons. The number of hydrogen-bond acceptors (Lipinski definition) is 3. The summed E-state index contributed by atoms with van der Waals surface area (Å²) in [6, 6.07) is 8.40. The summed E-state index contributed by atoms with van der Waals surface area (Å²) in [6.07, 6.45) is 6.77. The molecule has 0 aliphatic carbocycles. The van der Waals surface area contributed by atoms with Crippen molar-refractivity contribution in [3.63, 3.8) is 0 Å². The van der Waals surface area contributed by atoms with Crippen molar-refractivity contribution in [1.29, 1.82) is 0 Å². The molecule has 20 heavy (non-hydrogen) atoms. The van der Waals surface area contributed by atoms with Gasteiger partial charge in [0.1, 0.15) is 5.75 Å².